The van der Waals surface area contributed by atoms with Crippen LogP contribution in [0.25, 0.3) is 0 Å². The maximum atomic E-state index is 11.6. The summed E-state index contributed by atoms with van der Waals surface area (Å²) in [6.45, 7) is 1.60. The minimum Gasteiger partial charge on any atom is -0.508 e. The molecule has 0 saturated carbocycles. The first-order valence-electron chi connectivity index (χ1n) is 7.57. The summed E-state index contributed by atoms with van der Waals surface area (Å²) in [6.07, 6.45) is 0. The number of rotatable bonds is 5. The molecule has 9 heteroatoms. The van der Waals surface area contributed by atoms with Crippen molar-refractivity contribution in [3.05, 3.63) is 64.5 Å². The van der Waals surface area contributed by atoms with Crippen molar-refractivity contribution in [2.24, 2.45) is 0 Å². The molecule has 9 nitrogen and oxygen atoms in total. The summed E-state index contributed by atoms with van der Waals surface area (Å²) >= 11 is 0. The quantitative estimate of drug-likeness (QED) is 0.404. The van der Waals surface area contributed by atoms with Gasteiger partial charge in [0.1, 0.15) is 17.3 Å². The van der Waals surface area contributed by atoms with E-state index in [4.69, 9.17) is 0 Å². The number of aryl methyl sites for hydroxylation is 1. The number of benzene rings is 2. The molecule has 0 aliphatic carbocycles. The summed E-state index contributed by atoms with van der Waals surface area (Å²) in [6, 6.07) is 12.3. The third-order valence-electron chi connectivity index (χ3n) is 3.40. The maximum Gasteiger partial charge on any atom is 0.353 e. The number of phenolic OH excluding ortho intramolecular Hbond substituents is 2. The molecular formula is C17H15N5O4. The van der Waals surface area contributed by atoms with Crippen LogP contribution in [0.5, 0.6) is 11.5 Å². The zero-order valence-corrected chi connectivity index (χ0v) is 13.7. The lowest BCUT2D eigenvalue weighted by atomic mass is 10.2. The van der Waals surface area contributed by atoms with Crippen molar-refractivity contribution in [1.82, 2.24) is 9.97 Å². The molecule has 0 unspecified atom stereocenters. The SMILES string of the molecule is Cc1nc(Nc2cccc(O)c2)c([N+](=O)[O-])c(Nc2cccc(O)c2)n1. The largest absolute Gasteiger partial charge is 0.508 e. The van der Waals surface area contributed by atoms with Gasteiger partial charge in [0, 0.05) is 23.5 Å². The summed E-state index contributed by atoms with van der Waals surface area (Å²) < 4.78 is 0. The molecule has 0 atom stereocenters. The normalized spacial score (nSPS) is 10.3. The molecule has 0 amide bonds. The molecule has 3 aromatic rings. The lowest BCUT2D eigenvalue weighted by molar-refractivity contribution is -0.383. The fraction of sp³-hybridized carbons (Fsp3) is 0.0588. The second kappa shape index (κ2) is 6.93. The summed E-state index contributed by atoms with van der Waals surface area (Å²) in [7, 11) is 0. The second-order valence-corrected chi connectivity index (χ2v) is 5.42. The van der Waals surface area contributed by atoms with Crippen molar-refractivity contribution in [2.45, 2.75) is 6.92 Å². The Labute approximate surface area is 148 Å². The van der Waals surface area contributed by atoms with Crippen molar-refractivity contribution in [3.8, 4) is 11.5 Å². The average molecular weight is 353 g/mol. The number of phenols is 2. The van der Waals surface area contributed by atoms with Gasteiger partial charge in [-0.2, -0.15) is 0 Å². The Bertz CT molecular complexity index is 908. The molecule has 26 heavy (non-hydrogen) atoms. The minimum atomic E-state index is -0.601. The van der Waals surface area contributed by atoms with E-state index in [2.05, 4.69) is 20.6 Å². The van der Waals surface area contributed by atoms with Gasteiger partial charge in [-0.15, -0.1) is 0 Å². The van der Waals surface area contributed by atoms with Gasteiger partial charge in [-0.3, -0.25) is 10.1 Å². The van der Waals surface area contributed by atoms with Crippen LogP contribution in [0.15, 0.2) is 48.5 Å². The predicted octanol–water partition coefficient (Wildman–Crippen LogP) is 3.59. The number of nitro groups is 1. The molecule has 1 aromatic heterocycles. The molecule has 2 aromatic carbocycles. The van der Waals surface area contributed by atoms with E-state index in [1.807, 2.05) is 0 Å². The monoisotopic (exact) mass is 353 g/mol. The lowest BCUT2D eigenvalue weighted by Crippen LogP contribution is -2.07. The Balaban J connectivity index is 2.04. The van der Waals surface area contributed by atoms with Crippen LogP contribution in [0.2, 0.25) is 0 Å². The highest BCUT2D eigenvalue weighted by atomic mass is 16.6. The molecule has 0 bridgehead atoms. The van der Waals surface area contributed by atoms with Gasteiger partial charge in [0.2, 0.25) is 11.6 Å². The van der Waals surface area contributed by atoms with Crippen LogP contribution < -0.4 is 10.6 Å². The van der Waals surface area contributed by atoms with Gasteiger partial charge in [-0.05, 0) is 31.2 Å². The van der Waals surface area contributed by atoms with Crippen molar-refractivity contribution in [3.63, 3.8) is 0 Å². The zero-order valence-electron chi connectivity index (χ0n) is 13.7. The number of nitrogens with one attached hydrogen (secondary N) is 2. The van der Waals surface area contributed by atoms with Crippen molar-refractivity contribution in [1.29, 1.82) is 0 Å². The molecule has 0 fully saturated rings. The van der Waals surface area contributed by atoms with E-state index in [0.717, 1.165) is 0 Å². The highest BCUT2D eigenvalue weighted by Gasteiger charge is 2.24. The van der Waals surface area contributed by atoms with Crippen LogP contribution in [-0.4, -0.2) is 25.1 Å². The lowest BCUT2D eigenvalue weighted by Gasteiger charge is -2.12. The van der Waals surface area contributed by atoms with Gasteiger partial charge >= 0.3 is 5.69 Å². The molecule has 0 aliphatic rings. The fourth-order valence-corrected chi connectivity index (χ4v) is 2.35. The van der Waals surface area contributed by atoms with Crippen molar-refractivity contribution < 1.29 is 15.1 Å². The smallest absolute Gasteiger partial charge is 0.353 e. The molecule has 0 aliphatic heterocycles. The second-order valence-electron chi connectivity index (χ2n) is 5.42. The van der Waals surface area contributed by atoms with E-state index in [1.165, 1.54) is 24.3 Å². The van der Waals surface area contributed by atoms with Crippen molar-refractivity contribution in [2.75, 3.05) is 10.6 Å². The Morgan fingerprint density at radius 3 is 1.77 bits per heavy atom. The number of hydrogen-bond donors (Lipinski definition) is 4. The Morgan fingerprint density at radius 1 is 0.923 bits per heavy atom. The van der Waals surface area contributed by atoms with Gasteiger partial charge in [0.25, 0.3) is 0 Å². The van der Waals surface area contributed by atoms with E-state index >= 15 is 0 Å². The standard InChI is InChI=1S/C17H15N5O4/c1-10-18-16(20-11-4-2-6-13(23)8-11)15(22(25)26)17(19-10)21-12-5-3-7-14(24)9-12/h2-9,23-24H,1H3,(H2,18,19,20,21). The molecule has 4 N–H and O–H groups in total. The molecule has 0 saturated heterocycles. The highest BCUT2D eigenvalue weighted by molar-refractivity contribution is 5.77. The van der Waals surface area contributed by atoms with Crippen LogP contribution in [0.4, 0.5) is 28.7 Å². The van der Waals surface area contributed by atoms with E-state index < -0.39 is 4.92 Å². The van der Waals surface area contributed by atoms with Crippen LogP contribution >= 0.6 is 0 Å². The highest BCUT2D eigenvalue weighted by Crippen LogP contribution is 2.34. The Hall–Kier alpha value is -3.88. The molecule has 3 rings (SSSR count). The topological polar surface area (TPSA) is 133 Å². The molecule has 0 spiro atoms. The predicted molar refractivity (Wildman–Crippen MR) is 96.2 cm³/mol. The van der Waals surface area contributed by atoms with Crippen LogP contribution in [-0.2, 0) is 0 Å². The van der Waals surface area contributed by atoms with E-state index in [0.29, 0.717) is 17.2 Å². The van der Waals surface area contributed by atoms with Crippen molar-refractivity contribution >= 4 is 28.7 Å². The zero-order chi connectivity index (χ0) is 18.7. The molecule has 132 valence electrons. The Morgan fingerprint density at radius 2 is 1.38 bits per heavy atom. The number of aromatic nitrogens is 2. The van der Waals surface area contributed by atoms with Gasteiger partial charge in [0.15, 0.2) is 0 Å². The van der Waals surface area contributed by atoms with Gasteiger partial charge < -0.3 is 20.8 Å². The number of anilines is 4. The number of hydrogen-bond acceptors (Lipinski definition) is 8. The number of nitrogens with zero attached hydrogens (tertiary/aromatic N) is 3. The first-order chi connectivity index (χ1) is 12.4. The molecular weight excluding hydrogens is 338 g/mol. The third-order valence-corrected chi connectivity index (χ3v) is 3.40. The Kier molecular flexibility index (Phi) is 4.52. The summed E-state index contributed by atoms with van der Waals surface area (Å²) in [4.78, 5) is 19.2. The first kappa shape index (κ1) is 17.0. The van der Waals surface area contributed by atoms with Gasteiger partial charge in [-0.25, -0.2) is 9.97 Å². The summed E-state index contributed by atoms with van der Waals surface area (Å²) in [5, 5.41) is 36.4. The van der Waals surface area contributed by atoms with Gasteiger partial charge in [-0.1, -0.05) is 12.1 Å². The summed E-state index contributed by atoms with van der Waals surface area (Å²) in [5.41, 5.74) is 0.520. The number of aromatic hydroxyl groups is 2. The maximum absolute atomic E-state index is 11.6. The fourth-order valence-electron chi connectivity index (χ4n) is 2.35. The third kappa shape index (κ3) is 3.78. The van der Waals surface area contributed by atoms with Crippen LogP contribution in [0, 0.1) is 17.0 Å². The van der Waals surface area contributed by atoms with E-state index in [-0.39, 0.29) is 28.8 Å². The molecule has 1 heterocycles. The minimum absolute atomic E-state index is 0.0153. The van der Waals surface area contributed by atoms with E-state index in [9.17, 15) is 20.3 Å². The van der Waals surface area contributed by atoms with E-state index in [1.54, 1.807) is 31.2 Å². The average Bonchev–Trinajstić information content (AvgIpc) is 2.54. The first-order valence-corrected chi connectivity index (χ1v) is 7.57. The van der Waals surface area contributed by atoms with Crippen LogP contribution in [0.1, 0.15) is 5.82 Å². The summed E-state index contributed by atoms with van der Waals surface area (Å²) in [5.74, 6) is 0.301. The van der Waals surface area contributed by atoms with Gasteiger partial charge in [0.05, 0.1) is 4.92 Å². The molecule has 0 radical (unpaired) electrons. The van der Waals surface area contributed by atoms with Crippen LogP contribution in [0.3, 0.4) is 0 Å².